The average Bonchev–Trinajstić information content (AvgIpc) is 3.02. The lowest BCUT2D eigenvalue weighted by molar-refractivity contribution is 0.883. The summed E-state index contributed by atoms with van der Waals surface area (Å²) in [6, 6.07) is 5.80. The van der Waals surface area contributed by atoms with Crippen molar-refractivity contribution in [1.82, 2.24) is 29.1 Å². The van der Waals surface area contributed by atoms with E-state index in [0.717, 1.165) is 5.65 Å². The molecule has 7 heteroatoms. The number of hydrogen-bond donors (Lipinski definition) is 1. The molecule has 7 nitrogen and oxygen atoms in total. The molecular weight excluding hydrogens is 242 g/mol. The van der Waals surface area contributed by atoms with Gasteiger partial charge in [-0.1, -0.05) is 6.07 Å². The molecule has 0 aromatic carbocycles. The smallest absolute Gasteiger partial charge is 0.173 e. The van der Waals surface area contributed by atoms with Crippen molar-refractivity contribution in [3.63, 3.8) is 0 Å². The van der Waals surface area contributed by atoms with Gasteiger partial charge in [0.05, 0.1) is 12.4 Å². The first kappa shape index (κ1) is 10.0. The van der Waals surface area contributed by atoms with Crippen molar-refractivity contribution in [2.75, 3.05) is 5.73 Å². The summed E-state index contributed by atoms with van der Waals surface area (Å²) in [6.45, 7) is 0. The highest BCUT2D eigenvalue weighted by atomic mass is 15.3. The van der Waals surface area contributed by atoms with Gasteiger partial charge in [0.25, 0.3) is 0 Å². The minimum absolute atomic E-state index is 0.388. The molecule has 92 valence electrons. The molecule has 0 bridgehead atoms. The van der Waals surface area contributed by atoms with Gasteiger partial charge in [0.2, 0.25) is 0 Å². The van der Waals surface area contributed by atoms with Gasteiger partial charge in [-0.2, -0.15) is 5.10 Å². The second kappa shape index (κ2) is 3.52. The Kier molecular flexibility index (Phi) is 1.85. The molecule has 4 aromatic rings. The lowest BCUT2D eigenvalue weighted by atomic mass is 10.4. The molecule has 4 heterocycles. The molecule has 0 saturated carbocycles. The maximum atomic E-state index is 5.89. The molecule has 0 radical (unpaired) electrons. The zero-order valence-electron chi connectivity index (χ0n) is 9.80. The number of imidazole rings is 1. The van der Waals surface area contributed by atoms with Crippen LogP contribution in [0, 0.1) is 0 Å². The van der Waals surface area contributed by atoms with E-state index in [1.807, 2.05) is 35.0 Å². The van der Waals surface area contributed by atoms with Crippen molar-refractivity contribution < 1.29 is 0 Å². The third-order valence-electron chi connectivity index (χ3n) is 2.95. The largest absolute Gasteiger partial charge is 0.382 e. The van der Waals surface area contributed by atoms with Crippen LogP contribution < -0.4 is 5.73 Å². The van der Waals surface area contributed by atoms with E-state index in [1.54, 1.807) is 10.9 Å². The Bertz CT molecular complexity index is 856. The van der Waals surface area contributed by atoms with Crippen LogP contribution in [0.1, 0.15) is 0 Å². The van der Waals surface area contributed by atoms with E-state index in [1.165, 1.54) is 6.33 Å². The minimum atomic E-state index is 0.388. The number of nitrogen functional groups attached to an aromatic ring is 1. The number of aromatic nitrogens is 6. The molecule has 0 amide bonds. The molecule has 4 rings (SSSR count). The van der Waals surface area contributed by atoms with E-state index in [-0.39, 0.29) is 0 Å². The van der Waals surface area contributed by atoms with Crippen molar-refractivity contribution in [1.29, 1.82) is 0 Å². The Balaban J connectivity index is 2.04. The fourth-order valence-corrected chi connectivity index (χ4v) is 2.09. The van der Waals surface area contributed by atoms with Crippen LogP contribution in [-0.2, 0) is 0 Å². The third kappa shape index (κ3) is 1.38. The summed E-state index contributed by atoms with van der Waals surface area (Å²) >= 11 is 0. The van der Waals surface area contributed by atoms with Crippen molar-refractivity contribution in [3.8, 4) is 5.82 Å². The number of nitrogens with zero attached hydrogens (tertiary/aromatic N) is 6. The second-order valence-corrected chi connectivity index (χ2v) is 4.11. The quantitative estimate of drug-likeness (QED) is 0.546. The van der Waals surface area contributed by atoms with Crippen LogP contribution >= 0.6 is 0 Å². The SMILES string of the molecule is Nc1ncnc2cnn(-c3cn4ccccc4n3)c12. The topological polar surface area (TPSA) is 86.9 Å². The van der Waals surface area contributed by atoms with E-state index in [9.17, 15) is 0 Å². The number of anilines is 1. The molecule has 0 saturated heterocycles. The van der Waals surface area contributed by atoms with Crippen LogP contribution in [-0.4, -0.2) is 29.1 Å². The highest BCUT2D eigenvalue weighted by molar-refractivity contribution is 5.85. The van der Waals surface area contributed by atoms with Crippen LogP contribution in [0.4, 0.5) is 5.82 Å². The van der Waals surface area contributed by atoms with Crippen molar-refractivity contribution in [2.24, 2.45) is 0 Å². The molecule has 0 fully saturated rings. The number of rotatable bonds is 1. The van der Waals surface area contributed by atoms with Gasteiger partial charge in [-0.25, -0.2) is 19.6 Å². The fourth-order valence-electron chi connectivity index (χ4n) is 2.09. The van der Waals surface area contributed by atoms with Crippen molar-refractivity contribution in [2.45, 2.75) is 0 Å². The zero-order chi connectivity index (χ0) is 12.8. The van der Waals surface area contributed by atoms with Gasteiger partial charge in [0, 0.05) is 6.20 Å². The van der Waals surface area contributed by atoms with E-state index in [2.05, 4.69) is 20.1 Å². The number of pyridine rings is 1. The fraction of sp³-hybridized carbons (Fsp3) is 0. The van der Waals surface area contributed by atoms with Gasteiger partial charge in [0.15, 0.2) is 11.6 Å². The summed E-state index contributed by atoms with van der Waals surface area (Å²) in [6.07, 6.45) is 6.89. The van der Waals surface area contributed by atoms with Gasteiger partial charge in [-0.3, -0.25) is 0 Å². The van der Waals surface area contributed by atoms with E-state index in [0.29, 0.717) is 22.7 Å². The predicted molar refractivity (Wildman–Crippen MR) is 69.8 cm³/mol. The molecule has 0 unspecified atom stereocenters. The van der Waals surface area contributed by atoms with E-state index >= 15 is 0 Å². The highest BCUT2D eigenvalue weighted by Gasteiger charge is 2.12. The average molecular weight is 251 g/mol. The van der Waals surface area contributed by atoms with Gasteiger partial charge >= 0.3 is 0 Å². The van der Waals surface area contributed by atoms with Crippen LogP contribution in [0.25, 0.3) is 22.5 Å². The Morgan fingerprint density at radius 2 is 2.11 bits per heavy atom. The number of nitrogens with two attached hydrogens (primary N) is 1. The number of hydrogen-bond acceptors (Lipinski definition) is 5. The standard InChI is InChI=1S/C12H9N7/c13-12-11-8(14-7-15-12)5-16-19(11)10-6-18-4-2-1-3-9(18)17-10/h1-7H,(H2,13,14,15). The summed E-state index contributed by atoms with van der Waals surface area (Å²) in [5, 5.41) is 4.28. The maximum absolute atomic E-state index is 5.89. The first-order valence-electron chi connectivity index (χ1n) is 5.71. The normalized spacial score (nSPS) is 11.4. The van der Waals surface area contributed by atoms with Crippen LogP contribution in [0.15, 0.2) is 43.1 Å². The lowest BCUT2D eigenvalue weighted by Crippen LogP contribution is -2.01. The van der Waals surface area contributed by atoms with Crippen molar-refractivity contribution >= 4 is 22.5 Å². The molecule has 0 spiro atoms. The second-order valence-electron chi connectivity index (χ2n) is 4.11. The summed E-state index contributed by atoms with van der Waals surface area (Å²) in [5.74, 6) is 1.07. The maximum Gasteiger partial charge on any atom is 0.173 e. The Labute approximate surface area is 107 Å². The molecular formula is C12H9N7. The van der Waals surface area contributed by atoms with Gasteiger partial charge in [-0.15, -0.1) is 0 Å². The highest BCUT2D eigenvalue weighted by Crippen LogP contribution is 2.19. The van der Waals surface area contributed by atoms with Crippen LogP contribution in [0.5, 0.6) is 0 Å². The molecule has 0 atom stereocenters. The summed E-state index contributed by atoms with van der Waals surface area (Å²) in [7, 11) is 0. The predicted octanol–water partition coefficient (Wildman–Crippen LogP) is 1.05. The first-order valence-corrected chi connectivity index (χ1v) is 5.71. The Morgan fingerprint density at radius 1 is 1.16 bits per heavy atom. The van der Waals surface area contributed by atoms with Crippen LogP contribution in [0.2, 0.25) is 0 Å². The summed E-state index contributed by atoms with van der Waals surface area (Å²) in [4.78, 5) is 12.6. The molecule has 2 N–H and O–H groups in total. The molecule has 0 aliphatic carbocycles. The third-order valence-corrected chi connectivity index (χ3v) is 2.95. The molecule has 19 heavy (non-hydrogen) atoms. The summed E-state index contributed by atoms with van der Waals surface area (Å²) in [5.41, 5.74) is 8.10. The van der Waals surface area contributed by atoms with E-state index in [4.69, 9.17) is 5.73 Å². The first-order chi connectivity index (χ1) is 9.33. The van der Waals surface area contributed by atoms with Gasteiger partial charge in [0.1, 0.15) is 23.0 Å². The minimum Gasteiger partial charge on any atom is -0.382 e. The molecule has 0 aliphatic heterocycles. The number of fused-ring (bicyclic) bond motifs is 2. The monoisotopic (exact) mass is 251 g/mol. The molecule has 0 aliphatic rings. The van der Waals surface area contributed by atoms with Crippen molar-refractivity contribution in [3.05, 3.63) is 43.1 Å². The van der Waals surface area contributed by atoms with Gasteiger partial charge < -0.3 is 10.1 Å². The zero-order valence-corrected chi connectivity index (χ0v) is 9.80. The van der Waals surface area contributed by atoms with Crippen LogP contribution in [0.3, 0.4) is 0 Å². The lowest BCUT2D eigenvalue weighted by Gasteiger charge is -1.99. The van der Waals surface area contributed by atoms with Gasteiger partial charge in [-0.05, 0) is 12.1 Å². The Morgan fingerprint density at radius 3 is 3.00 bits per heavy atom. The molecule has 4 aromatic heterocycles. The van der Waals surface area contributed by atoms with E-state index < -0.39 is 0 Å². The summed E-state index contributed by atoms with van der Waals surface area (Å²) < 4.78 is 3.57. The Hall–Kier alpha value is -2.96.